The van der Waals surface area contributed by atoms with Gasteiger partial charge in [0.25, 0.3) is 0 Å². The van der Waals surface area contributed by atoms with Gasteiger partial charge in [0.1, 0.15) is 17.2 Å². The normalized spacial score (nSPS) is 27.5. The van der Waals surface area contributed by atoms with E-state index >= 15 is 4.39 Å². The van der Waals surface area contributed by atoms with E-state index in [2.05, 4.69) is 0 Å². The van der Waals surface area contributed by atoms with Crippen LogP contribution in [0.5, 0.6) is 0 Å². The highest BCUT2D eigenvalue weighted by Crippen LogP contribution is 2.41. The summed E-state index contributed by atoms with van der Waals surface area (Å²) in [4.78, 5) is 14.5. The zero-order chi connectivity index (χ0) is 24.3. The highest BCUT2D eigenvalue weighted by Gasteiger charge is 2.47. The van der Waals surface area contributed by atoms with E-state index < -0.39 is 23.4 Å². The quantitative estimate of drug-likeness (QED) is 0.525. The molecular formula is C27H29F3N2O2. The first-order valence-electron chi connectivity index (χ1n) is 11.6. The number of cyclic esters (lactones) is 1. The summed E-state index contributed by atoms with van der Waals surface area (Å²) in [5.74, 6) is -1.11. The number of amides is 1. The number of nitrogens with zero attached hydrogens (tertiary/aromatic N) is 1. The van der Waals surface area contributed by atoms with Crippen molar-refractivity contribution in [2.75, 3.05) is 13.1 Å². The van der Waals surface area contributed by atoms with Crippen LogP contribution in [0.15, 0.2) is 72.8 Å². The minimum Gasteiger partial charge on any atom is -0.438 e. The number of benzene rings is 2. The lowest BCUT2D eigenvalue weighted by Crippen LogP contribution is -2.56. The number of ether oxygens (including phenoxy) is 1. The summed E-state index contributed by atoms with van der Waals surface area (Å²) in [6, 6.07) is 11.5. The predicted octanol–water partition coefficient (Wildman–Crippen LogP) is 5.75. The molecule has 0 spiro atoms. The van der Waals surface area contributed by atoms with Crippen LogP contribution in [0.3, 0.4) is 0 Å². The van der Waals surface area contributed by atoms with Gasteiger partial charge in [0.2, 0.25) is 0 Å². The van der Waals surface area contributed by atoms with Gasteiger partial charge in [-0.05, 0) is 67.8 Å². The molecule has 0 aromatic heterocycles. The molecule has 1 aliphatic heterocycles. The van der Waals surface area contributed by atoms with E-state index in [0.717, 1.165) is 0 Å². The monoisotopic (exact) mass is 470 g/mol. The number of halogens is 3. The molecule has 1 aliphatic carbocycles. The van der Waals surface area contributed by atoms with Crippen LogP contribution in [0, 0.1) is 11.6 Å². The van der Waals surface area contributed by atoms with Crippen LogP contribution < -0.4 is 5.73 Å². The number of carbonyl (C=O) groups is 1. The van der Waals surface area contributed by atoms with Crippen LogP contribution in [0.1, 0.15) is 43.2 Å². The maximum atomic E-state index is 15.9. The molecule has 1 saturated heterocycles. The maximum absolute atomic E-state index is 15.9. The van der Waals surface area contributed by atoms with Gasteiger partial charge in [0, 0.05) is 18.9 Å². The van der Waals surface area contributed by atoms with Gasteiger partial charge in [0.05, 0.1) is 6.04 Å². The molecule has 2 aromatic carbocycles. The average molecular weight is 471 g/mol. The summed E-state index contributed by atoms with van der Waals surface area (Å²) in [7, 11) is 0. The van der Waals surface area contributed by atoms with E-state index in [0.29, 0.717) is 36.9 Å². The van der Waals surface area contributed by atoms with Gasteiger partial charge in [-0.15, -0.1) is 0 Å². The van der Waals surface area contributed by atoms with Gasteiger partial charge in [-0.1, -0.05) is 42.5 Å². The molecule has 2 atom stereocenters. The van der Waals surface area contributed by atoms with Crippen molar-refractivity contribution in [3.63, 3.8) is 0 Å². The lowest BCUT2D eigenvalue weighted by atomic mass is 9.82. The molecule has 2 aliphatic rings. The van der Waals surface area contributed by atoms with Crippen LogP contribution in [0.25, 0.3) is 0 Å². The van der Waals surface area contributed by atoms with Crippen LogP contribution >= 0.6 is 0 Å². The smallest absolute Gasteiger partial charge is 0.411 e. The van der Waals surface area contributed by atoms with Gasteiger partial charge in [-0.3, -0.25) is 0 Å². The third-order valence-corrected chi connectivity index (χ3v) is 6.92. The molecule has 7 heteroatoms. The number of allylic oxidation sites excluding steroid dienone is 2. The summed E-state index contributed by atoms with van der Waals surface area (Å²) in [6.07, 6.45) is 6.93. The molecule has 180 valence electrons. The largest absolute Gasteiger partial charge is 0.438 e. The summed E-state index contributed by atoms with van der Waals surface area (Å²) < 4.78 is 49.4. The molecule has 2 aromatic rings. The Morgan fingerprint density at radius 3 is 2.41 bits per heavy atom. The summed E-state index contributed by atoms with van der Waals surface area (Å²) in [5.41, 5.74) is 4.00. The minimum absolute atomic E-state index is 0.270. The van der Waals surface area contributed by atoms with E-state index in [1.54, 1.807) is 49.4 Å². The third kappa shape index (κ3) is 4.62. The molecule has 1 heterocycles. The molecule has 4 nitrogen and oxygen atoms in total. The first-order chi connectivity index (χ1) is 16.3. The number of hydrogen-bond donors (Lipinski definition) is 1. The summed E-state index contributed by atoms with van der Waals surface area (Å²) in [5, 5.41) is 0. The van der Waals surface area contributed by atoms with Gasteiger partial charge in [-0.2, -0.15) is 0 Å². The second-order valence-corrected chi connectivity index (χ2v) is 8.97. The van der Waals surface area contributed by atoms with Gasteiger partial charge in [-0.25, -0.2) is 18.0 Å². The topological polar surface area (TPSA) is 55.6 Å². The average Bonchev–Trinajstić information content (AvgIpc) is 2.84. The Kier molecular flexibility index (Phi) is 6.84. The molecular weight excluding hydrogens is 441 g/mol. The molecule has 0 radical (unpaired) electrons. The van der Waals surface area contributed by atoms with Crippen molar-refractivity contribution in [1.82, 2.24) is 4.90 Å². The molecule has 0 unspecified atom stereocenters. The second kappa shape index (κ2) is 9.66. The Labute approximate surface area is 197 Å². The molecule has 2 N–H and O–H groups in total. The number of alkyl halides is 1. The van der Waals surface area contributed by atoms with Crippen LogP contribution in [0.2, 0.25) is 0 Å². The first-order valence-corrected chi connectivity index (χ1v) is 11.6. The number of nitrogens with two attached hydrogens (primary N) is 1. The Morgan fingerprint density at radius 2 is 1.79 bits per heavy atom. The van der Waals surface area contributed by atoms with Crippen LogP contribution in [-0.2, 0) is 10.3 Å². The maximum Gasteiger partial charge on any atom is 0.411 e. The highest BCUT2D eigenvalue weighted by atomic mass is 19.1. The van der Waals surface area contributed by atoms with E-state index in [-0.39, 0.29) is 24.1 Å². The molecule has 34 heavy (non-hydrogen) atoms. The fourth-order valence-corrected chi connectivity index (χ4v) is 4.78. The number of rotatable bonds is 7. The molecule has 1 amide bonds. The van der Waals surface area contributed by atoms with Gasteiger partial charge < -0.3 is 15.4 Å². The van der Waals surface area contributed by atoms with E-state index in [1.807, 2.05) is 0 Å². The van der Waals surface area contributed by atoms with Crippen molar-refractivity contribution < 1.29 is 22.7 Å². The Bertz CT molecular complexity index is 1070. The van der Waals surface area contributed by atoms with Gasteiger partial charge >= 0.3 is 6.09 Å². The molecule has 0 bridgehead atoms. The second-order valence-electron chi connectivity index (χ2n) is 8.97. The molecule has 0 saturated carbocycles. The lowest BCUT2D eigenvalue weighted by molar-refractivity contribution is -0.0738. The fourth-order valence-electron chi connectivity index (χ4n) is 4.78. The van der Waals surface area contributed by atoms with Crippen LogP contribution in [0.4, 0.5) is 18.0 Å². The van der Waals surface area contributed by atoms with Crippen molar-refractivity contribution in [3.8, 4) is 0 Å². The summed E-state index contributed by atoms with van der Waals surface area (Å²) >= 11 is 0. The highest BCUT2D eigenvalue weighted by molar-refractivity contribution is 5.70. The van der Waals surface area contributed by atoms with Crippen molar-refractivity contribution in [3.05, 3.63) is 95.6 Å². The number of carbonyl (C=O) groups excluding carboxylic acids is 1. The van der Waals surface area contributed by atoms with Gasteiger partial charge in [0.15, 0.2) is 5.67 Å². The van der Waals surface area contributed by atoms with Crippen molar-refractivity contribution >= 4 is 6.09 Å². The fraction of sp³-hybridized carbons (Fsp3) is 0.370. The first kappa shape index (κ1) is 24.1. The lowest BCUT2D eigenvalue weighted by Gasteiger charge is -2.45. The van der Waals surface area contributed by atoms with Crippen molar-refractivity contribution in [2.45, 2.75) is 49.4 Å². The molecule has 4 rings (SSSR count). The van der Waals surface area contributed by atoms with Crippen molar-refractivity contribution in [2.24, 2.45) is 5.73 Å². The Morgan fingerprint density at radius 1 is 1.12 bits per heavy atom. The van der Waals surface area contributed by atoms with E-state index in [4.69, 9.17) is 10.5 Å². The Hall–Kier alpha value is -3.06. The van der Waals surface area contributed by atoms with E-state index in [9.17, 15) is 13.6 Å². The Balaban J connectivity index is 1.51. The SMILES string of the molecule is C[C@H](N1CC[C@](CCCN)(c2ccc(F)cc2)OC1=O)C1(F)C=CC(c2ccccc2F)C=C1. The zero-order valence-corrected chi connectivity index (χ0v) is 19.1. The summed E-state index contributed by atoms with van der Waals surface area (Å²) in [6.45, 7) is 2.32. The van der Waals surface area contributed by atoms with Crippen LogP contribution in [-0.4, -0.2) is 35.8 Å². The minimum atomic E-state index is -1.92. The predicted molar refractivity (Wildman–Crippen MR) is 125 cm³/mol. The van der Waals surface area contributed by atoms with E-state index in [1.165, 1.54) is 35.3 Å². The number of hydrogen-bond acceptors (Lipinski definition) is 3. The standard InChI is InChI=1S/C27H29F3N2O2/c1-19(26(30)14-11-20(12-15-26)23-5-2-3-6-24(23)29)32-18-16-27(13-4-17-31,34-25(32)33)21-7-9-22(28)10-8-21/h2-3,5-12,14-15,19-20H,4,13,16-18,31H2,1H3/t19-,20?,26?,27+/m0/s1. The third-order valence-electron chi connectivity index (χ3n) is 6.92. The molecule has 1 fully saturated rings. The van der Waals surface area contributed by atoms with Crippen molar-refractivity contribution in [1.29, 1.82) is 0 Å². The zero-order valence-electron chi connectivity index (χ0n) is 19.1.